The van der Waals surface area contributed by atoms with Crippen molar-refractivity contribution in [1.82, 2.24) is 10.3 Å². The van der Waals surface area contributed by atoms with Gasteiger partial charge in [0.25, 0.3) is 5.91 Å². The Morgan fingerprint density at radius 1 is 1.07 bits per heavy atom. The summed E-state index contributed by atoms with van der Waals surface area (Å²) in [6.07, 6.45) is -1.52. The van der Waals surface area contributed by atoms with Gasteiger partial charge in [-0.15, -0.1) is 11.3 Å². The first-order valence-corrected chi connectivity index (χ1v) is 10.8. The first-order valence-electron chi connectivity index (χ1n) is 9.59. The molecule has 158 valence electrons. The standard InChI is InChI=1S/C21H19ClF3N3OS/c22-19-10-9-17(30-19)20(29)27-13-7-5-12(6-8-13)26-16-11-18(21(23,24)25)28-15-4-2-1-3-14(15)16/h1-4,9-13H,5-8H2,(H,26,28)(H,27,29)/t12-,13+. The van der Waals surface area contributed by atoms with Gasteiger partial charge in [0.2, 0.25) is 0 Å². The second kappa shape index (κ2) is 8.43. The molecule has 2 N–H and O–H groups in total. The van der Waals surface area contributed by atoms with Gasteiger partial charge in [0.1, 0.15) is 5.69 Å². The molecule has 0 atom stereocenters. The van der Waals surface area contributed by atoms with Crippen LogP contribution in [0.3, 0.4) is 0 Å². The first kappa shape index (κ1) is 20.9. The van der Waals surface area contributed by atoms with Crippen LogP contribution >= 0.6 is 22.9 Å². The summed E-state index contributed by atoms with van der Waals surface area (Å²) in [6, 6.07) is 11.3. The summed E-state index contributed by atoms with van der Waals surface area (Å²) < 4.78 is 40.3. The third kappa shape index (κ3) is 4.70. The number of rotatable bonds is 4. The molecule has 2 aromatic heterocycles. The largest absolute Gasteiger partial charge is 0.433 e. The SMILES string of the molecule is O=C(N[C@H]1CC[C@@H](Nc2cc(C(F)(F)F)nc3ccccc23)CC1)c1ccc(Cl)s1. The molecular formula is C21H19ClF3N3OS. The van der Waals surface area contributed by atoms with Crippen LogP contribution < -0.4 is 10.6 Å². The van der Waals surface area contributed by atoms with Crippen LogP contribution in [-0.2, 0) is 6.18 Å². The van der Waals surface area contributed by atoms with E-state index in [2.05, 4.69) is 15.6 Å². The minimum atomic E-state index is -4.51. The Labute approximate surface area is 180 Å². The minimum absolute atomic E-state index is 0.0289. The van der Waals surface area contributed by atoms with E-state index < -0.39 is 11.9 Å². The van der Waals surface area contributed by atoms with Crippen molar-refractivity contribution in [2.75, 3.05) is 5.32 Å². The molecule has 1 aliphatic carbocycles. The van der Waals surface area contributed by atoms with E-state index in [1.165, 1.54) is 11.3 Å². The average molecular weight is 454 g/mol. The lowest BCUT2D eigenvalue weighted by Gasteiger charge is -2.30. The zero-order chi connectivity index (χ0) is 21.3. The molecule has 0 spiro atoms. The predicted molar refractivity (Wildman–Crippen MR) is 113 cm³/mol. The number of nitrogens with zero attached hydrogens (tertiary/aromatic N) is 1. The van der Waals surface area contributed by atoms with E-state index in [1.807, 2.05) is 0 Å². The van der Waals surface area contributed by atoms with Crippen molar-refractivity contribution in [1.29, 1.82) is 0 Å². The van der Waals surface area contributed by atoms with Crippen molar-refractivity contribution >= 4 is 45.4 Å². The molecule has 2 heterocycles. The first-order chi connectivity index (χ1) is 14.3. The van der Waals surface area contributed by atoms with E-state index in [0.717, 1.165) is 31.7 Å². The van der Waals surface area contributed by atoms with Crippen LogP contribution in [0.2, 0.25) is 4.34 Å². The van der Waals surface area contributed by atoms with Crippen LogP contribution in [0.4, 0.5) is 18.9 Å². The molecule has 9 heteroatoms. The highest BCUT2D eigenvalue weighted by atomic mass is 35.5. The van der Waals surface area contributed by atoms with Gasteiger partial charge in [0, 0.05) is 23.2 Å². The third-order valence-electron chi connectivity index (χ3n) is 5.23. The molecule has 0 radical (unpaired) electrons. The smallest absolute Gasteiger partial charge is 0.382 e. The monoisotopic (exact) mass is 453 g/mol. The molecule has 1 aliphatic rings. The number of alkyl halides is 3. The number of carbonyl (C=O) groups is 1. The van der Waals surface area contributed by atoms with Gasteiger partial charge < -0.3 is 10.6 Å². The number of nitrogens with one attached hydrogen (secondary N) is 2. The highest BCUT2D eigenvalue weighted by Crippen LogP contribution is 2.34. The Morgan fingerprint density at radius 3 is 2.43 bits per heavy atom. The van der Waals surface area contributed by atoms with Crippen molar-refractivity contribution in [3.8, 4) is 0 Å². The zero-order valence-electron chi connectivity index (χ0n) is 15.8. The predicted octanol–water partition coefficient (Wildman–Crippen LogP) is 6.12. The van der Waals surface area contributed by atoms with E-state index in [-0.39, 0.29) is 18.0 Å². The third-order valence-corrected chi connectivity index (χ3v) is 6.46. The zero-order valence-corrected chi connectivity index (χ0v) is 17.4. The summed E-state index contributed by atoms with van der Waals surface area (Å²) >= 11 is 7.11. The Balaban J connectivity index is 1.42. The van der Waals surface area contributed by atoms with Crippen LogP contribution in [0, 0.1) is 0 Å². The Hall–Kier alpha value is -2.32. The molecule has 4 nitrogen and oxygen atoms in total. The summed E-state index contributed by atoms with van der Waals surface area (Å²) in [4.78, 5) is 16.6. The topological polar surface area (TPSA) is 54.0 Å². The fourth-order valence-corrected chi connectivity index (χ4v) is 4.68. The van der Waals surface area contributed by atoms with Gasteiger partial charge >= 0.3 is 6.18 Å². The second-order valence-corrected chi connectivity index (χ2v) is 9.06. The number of hydrogen-bond acceptors (Lipinski definition) is 4. The number of anilines is 1. The van der Waals surface area contributed by atoms with Crippen LogP contribution in [0.5, 0.6) is 0 Å². The highest BCUT2D eigenvalue weighted by Gasteiger charge is 2.34. The van der Waals surface area contributed by atoms with Crippen molar-refractivity contribution in [3.63, 3.8) is 0 Å². The summed E-state index contributed by atoms with van der Waals surface area (Å²) in [5, 5.41) is 6.96. The summed E-state index contributed by atoms with van der Waals surface area (Å²) in [5.74, 6) is -0.141. The van der Waals surface area contributed by atoms with Crippen LogP contribution in [0.25, 0.3) is 10.9 Å². The molecule has 3 aromatic rings. The molecule has 1 saturated carbocycles. The molecular weight excluding hydrogens is 435 g/mol. The maximum Gasteiger partial charge on any atom is 0.433 e. The molecule has 0 saturated heterocycles. The number of para-hydroxylation sites is 1. The van der Waals surface area contributed by atoms with E-state index >= 15 is 0 Å². The summed E-state index contributed by atoms with van der Waals surface area (Å²) in [7, 11) is 0. The number of aromatic nitrogens is 1. The van der Waals surface area contributed by atoms with Crippen LogP contribution in [-0.4, -0.2) is 23.0 Å². The number of benzene rings is 1. The van der Waals surface area contributed by atoms with E-state index in [1.54, 1.807) is 36.4 Å². The Bertz CT molecular complexity index is 1060. The number of halogens is 4. The van der Waals surface area contributed by atoms with Crippen LogP contribution in [0.1, 0.15) is 41.0 Å². The Morgan fingerprint density at radius 2 is 1.77 bits per heavy atom. The lowest BCUT2D eigenvalue weighted by Crippen LogP contribution is -2.40. The normalized spacial score (nSPS) is 19.6. The van der Waals surface area contributed by atoms with Crippen LogP contribution in [0.15, 0.2) is 42.5 Å². The quantitative estimate of drug-likeness (QED) is 0.500. The molecule has 0 unspecified atom stereocenters. The fraction of sp³-hybridized carbons (Fsp3) is 0.333. The molecule has 1 fully saturated rings. The van der Waals surface area contributed by atoms with Gasteiger partial charge in [-0.25, -0.2) is 4.98 Å². The summed E-state index contributed by atoms with van der Waals surface area (Å²) in [5.41, 5.74) is -0.154. The number of amides is 1. The number of carbonyl (C=O) groups excluding carboxylic acids is 1. The molecule has 0 aliphatic heterocycles. The minimum Gasteiger partial charge on any atom is -0.382 e. The fourth-order valence-electron chi connectivity index (χ4n) is 3.73. The second-order valence-electron chi connectivity index (χ2n) is 7.34. The maximum absolute atomic E-state index is 13.3. The van der Waals surface area contributed by atoms with Gasteiger partial charge in [-0.3, -0.25) is 4.79 Å². The maximum atomic E-state index is 13.3. The van der Waals surface area contributed by atoms with E-state index in [9.17, 15) is 18.0 Å². The van der Waals surface area contributed by atoms with E-state index in [4.69, 9.17) is 11.6 Å². The van der Waals surface area contributed by atoms with Crippen molar-refractivity contribution < 1.29 is 18.0 Å². The van der Waals surface area contributed by atoms with Gasteiger partial charge in [0.05, 0.1) is 14.7 Å². The van der Waals surface area contributed by atoms with Crippen molar-refractivity contribution in [3.05, 3.63) is 57.4 Å². The number of hydrogen-bond donors (Lipinski definition) is 2. The average Bonchev–Trinajstić information content (AvgIpc) is 3.15. The van der Waals surface area contributed by atoms with Crippen molar-refractivity contribution in [2.45, 2.75) is 43.9 Å². The Kier molecular flexibility index (Phi) is 5.88. The number of thiophene rings is 1. The lowest BCUT2D eigenvalue weighted by molar-refractivity contribution is -0.140. The lowest BCUT2D eigenvalue weighted by atomic mass is 9.90. The molecule has 1 aromatic carbocycles. The van der Waals surface area contributed by atoms with Crippen molar-refractivity contribution in [2.24, 2.45) is 0 Å². The molecule has 1 amide bonds. The molecule has 0 bridgehead atoms. The summed E-state index contributed by atoms with van der Waals surface area (Å²) in [6.45, 7) is 0. The highest BCUT2D eigenvalue weighted by molar-refractivity contribution is 7.18. The molecule has 30 heavy (non-hydrogen) atoms. The number of pyridine rings is 1. The van der Waals surface area contributed by atoms with Gasteiger partial charge in [0.15, 0.2) is 0 Å². The van der Waals surface area contributed by atoms with Gasteiger partial charge in [-0.05, 0) is 49.9 Å². The number of fused-ring (bicyclic) bond motifs is 1. The molecule has 4 rings (SSSR count). The van der Waals surface area contributed by atoms with E-state index in [0.29, 0.717) is 25.8 Å². The van der Waals surface area contributed by atoms with Gasteiger partial charge in [-0.2, -0.15) is 13.2 Å². The van der Waals surface area contributed by atoms with Gasteiger partial charge in [-0.1, -0.05) is 29.8 Å².